The fourth-order valence-electron chi connectivity index (χ4n) is 1.53. The van der Waals surface area contributed by atoms with Crippen molar-refractivity contribution in [2.24, 2.45) is 0 Å². The maximum atomic E-state index is 4.52. The fraction of sp³-hybridized carbons (Fsp3) is 0.300. The number of hydrogen-bond donors (Lipinski definition) is 0. The van der Waals surface area contributed by atoms with Crippen LogP contribution in [0.2, 0.25) is 0 Å². The maximum Gasteiger partial charge on any atom is 0.169 e. The second kappa shape index (κ2) is 3.55. The first-order chi connectivity index (χ1) is 7.34. The maximum absolute atomic E-state index is 4.52. The molecule has 0 saturated heterocycles. The van der Waals surface area contributed by atoms with Crippen LogP contribution in [0, 0.1) is 3.57 Å². The van der Waals surface area contributed by atoms with E-state index in [4.69, 9.17) is 0 Å². The first-order valence-electron chi connectivity index (χ1n) is 4.86. The van der Waals surface area contributed by atoms with Gasteiger partial charge in [0, 0.05) is 18.3 Å². The van der Waals surface area contributed by atoms with Gasteiger partial charge in [-0.05, 0) is 41.5 Å². The number of hydrogen-bond acceptors (Lipinski definition) is 3. The predicted octanol–water partition coefficient (Wildman–Crippen LogP) is 2.14. The molecule has 0 unspecified atom stereocenters. The van der Waals surface area contributed by atoms with Gasteiger partial charge >= 0.3 is 0 Å². The molecule has 0 atom stereocenters. The first-order valence-corrected chi connectivity index (χ1v) is 5.94. The van der Waals surface area contributed by atoms with Gasteiger partial charge in [0.15, 0.2) is 5.82 Å². The summed E-state index contributed by atoms with van der Waals surface area (Å²) < 4.78 is 2.84. The molecule has 76 valence electrons. The Kier molecular flexibility index (Phi) is 2.19. The first kappa shape index (κ1) is 9.26. The quantitative estimate of drug-likeness (QED) is 0.798. The monoisotopic (exact) mass is 312 g/mol. The molecule has 0 aliphatic heterocycles. The molecule has 2 aromatic heterocycles. The van der Waals surface area contributed by atoms with Gasteiger partial charge in [0.05, 0.1) is 9.26 Å². The zero-order valence-corrected chi connectivity index (χ0v) is 10.1. The van der Waals surface area contributed by atoms with Crippen LogP contribution in [0.5, 0.6) is 0 Å². The Morgan fingerprint density at radius 1 is 1.40 bits per heavy atom. The molecule has 0 spiro atoms. The van der Waals surface area contributed by atoms with Crippen molar-refractivity contribution in [1.29, 1.82) is 0 Å². The van der Waals surface area contributed by atoms with Gasteiger partial charge in [0.1, 0.15) is 6.33 Å². The molecule has 2 aromatic rings. The van der Waals surface area contributed by atoms with Crippen LogP contribution in [0.25, 0.3) is 5.82 Å². The van der Waals surface area contributed by atoms with Crippen LogP contribution >= 0.6 is 22.6 Å². The lowest BCUT2D eigenvalue weighted by Crippen LogP contribution is -2.01. The Labute approximate surface area is 101 Å². The average molecular weight is 312 g/mol. The molecule has 5 heteroatoms. The second-order valence-corrected chi connectivity index (χ2v) is 4.82. The van der Waals surface area contributed by atoms with E-state index in [1.54, 1.807) is 12.5 Å². The normalized spacial score (nSPS) is 15.5. The molecule has 0 aromatic carbocycles. The van der Waals surface area contributed by atoms with E-state index >= 15 is 0 Å². The zero-order valence-electron chi connectivity index (χ0n) is 7.97. The van der Waals surface area contributed by atoms with Gasteiger partial charge in [0.25, 0.3) is 0 Å². The molecule has 1 aliphatic carbocycles. The highest BCUT2D eigenvalue weighted by molar-refractivity contribution is 14.1. The molecule has 15 heavy (non-hydrogen) atoms. The topological polar surface area (TPSA) is 43.6 Å². The van der Waals surface area contributed by atoms with E-state index in [1.165, 1.54) is 18.5 Å². The van der Waals surface area contributed by atoms with Crippen molar-refractivity contribution in [2.75, 3.05) is 0 Å². The van der Waals surface area contributed by atoms with Crippen molar-refractivity contribution in [3.8, 4) is 5.82 Å². The summed E-state index contributed by atoms with van der Waals surface area (Å²) in [5, 5.41) is 4.52. The Morgan fingerprint density at radius 2 is 2.27 bits per heavy atom. The molecule has 1 aliphatic rings. The summed E-state index contributed by atoms with van der Waals surface area (Å²) in [5.41, 5.74) is 1.18. The predicted molar refractivity (Wildman–Crippen MR) is 63.8 cm³/mol. The lowest BCUT2D eigenvalue weighted by molar-refractivity contribution is 0.802. The summed E-state index contributed by atoms with van der Waals surface area (Å²) in [4.78, 5) is 8.19. The minimum Gasteiger partial charge on any atom is -0.244 e. The highest BCUT2D eigenvalue weighted by Crippen LogP contribution is 2.39. The Hall–Kier alpha value is -0.980. The van der Waals surface area contributed by atoms with Crippen LogP contribution < -0.4 is 0 Å². The molecule has 2 heterocycles. The summed E-state index contributed by atoms with van der Waals surface area (Å²) in [7, 11) is 0. The summed E-state index contributed by atoms with van der Waals surface area (Å²) >= 11 is 2.22. The van der Waals surface area contributed by atoms with Gasteiger partial charge in [-0.3, -0.25) is 0 Å². The minimum absolute atomic E-state index is 0.686. The molecule has 0 bridgehead atoms. The molecular formula is C10H9IN4. The van der Waals surface area contributed by atoms with Gasteiger partial charge in [-0.15, -0.1) is 0 Å². The lowest BCUT2D eigenvalue weighted by Gasteiger charge is -2.01. The third kappa shape index (κ3) is 1.75. The van der Waals surface area contributed by atoms with Crippen LogP contribution in [0.1, 0.15) is 24.5 Å². The fourth-order valence-corrected chi connectivity index (χ4v) is 2.07. The van der Waals surface area contributed by atoms with E-state index in [9.17, 15) is 0 Å². The van der Waals surface area contributed by atoms with Crippen molar-refractivity contribution in [3.05, 3.63) is 34.1 Å². The van der Waals surface area contributed by atoms with E-state index < -0.39 is 0 Å². The minimum atomic E-state index is 0.686. The number of nitrogens with zero attached hydrogens (tertiary/aromatic N) is 4. The summed E-state index contributed by atoms with van der Waals surface area (Å²) in [5.74, 6) is 1.54. The van der Waals surface area contributed by atoms with E-state index in [2.05, 4.69) is 43.7 Å². The smallest absolute Gasteiger partial charge is 0.169 e. The van der Waals surface area contributed by atoms with Crippen LogP contribution in [0.15, 0.2) is 24.8 Å². The summed E-state index contributed by atoms with van der Waals surface area (Å²) in [6, 6.07) is 2.08. The molecule has 3 rings (SSSR count). The molecule has 4 nitrogen and oxygen atoms in total. The highest BCUT2D eigenvalue weighted by Gasteiger charge is 2.26. The average Bonchev–Trinajstić information content (AvgIpc) is 2.99. The van der Waals surface area contributed by atoms with E-state index in [1.807, 2.05) is 10.9 Å². The standard InChI is InChI=1S/C10H9IN4/c11-8-5-12-6-13-10(8)15-4-3-9(14-15)7-1-2-7/h3-7H,1-2H2. The van der Waals surface area contributed by atoms with E-state index in [0.717, 1.165) is 9.39 Å². The van der Waals surface area contributed by atoms with Crippen LogP contribution in [-0.4, -0.2) is 19.7 Å². The second-order valence-electron chi connectivity index (χ2n) is 3.65. The Bertz CT molecular complexity index is 490. The van der Waals surface area contributed by atoms with Gasteiger partial charge in [-0.2, -0.15) is 5.10 Å². The van der Waals surface area contributed by atoms with Crippen LogP contribution in [0.4, 0.5) is 0 Å². The molecule has 0 amide bonds. The number of halogens is 1. The molecular weight excluding hydrogens is 303 g/mol. The largest absolute Gasteiger partial charge is 0.244 e. The van der Waals surface area contributed by atoms with Gasteiger partial charge in [-0.25, -0.2) is 14.6 Å². The SMILES string of the molecule is Ic1cncnc1-n1ccc(C2CC2)n1. The van der Waals surface area contributed by atoms with Gasteiger partial charge < -0.3 is 0 Å². The van der Waals surface area contributed by atoms with Gasteiger partial charge in [0.2, 0.25) is 0 Å². The van der Waals surface area contributed by atoms with Crippen molar-refractivity contribution in [3.63, 3.8) is 0 Å². The van der Waals surface area contributed by atoms with Crippen LogP contribution in [-0.2, 0) is 0 Å². The third-order valence-corrected chi connectivity index (χ3v) is 3.23. The van der Waals surface area contributed by atoms with Crippen LogP contribution in [0.3, 0.4) is 0 Å². The molecule has 0 N–H and O–H groups in total. The summed E-state index contributed by atoms with van der Waals surface area (Å²) in [6.07, 6.45) is 7.87. The zero-order chi connectivity index (χ0) is 10.3. The van der Waals surface area contributed by atoms with Crippen molar-refractivity contribution >= 4 is 22.6 Å². The van der Waals surface area contributed by atoms with E-state index in [0.29, 0.717) is 5.92 Å². The molecule has 0 radical (unpaired) electrons. The Balaban J connectivity index is 2.01. The van der Waals surface area contributed by atoms with Crippen molar-refractivity contribution in [2.45, 2.75) is 18.8 Å². The van der Waals surface area contributed by atoms with E-state index in [-0.39, 0.29) is 0 Å². The van der Waals surface area contributed by atoms with Crippen molar-refractivity contribution < 1.29 is 0 Å². The summed E-state index contributed by atoms with van der Waals surface area (Å²) in [6.45, 7) is 0. The molecule has 1 saturated carbocycles. The molecule has 1 fully saturated rings. The Morgan fingerprint density at radius 3 is 3.00 bits per heavy atom. The number of aromatic nitrogens is 4. The number of rotatable bonds is 2. The highest BCUT2D eigenvalue weighted by atomic mass is 127. The third-order valence-electron chi connectivity index (χ3n) is 2.47. The lowest BCUT2D eigenvalue weighted by atomic mass is 10.3. The van der Waals surface area contributed by atoms with Crippen molar-refractivity contribution in [1.82, 2.24) is 19.7 Å². The van der Waals surface area contributed by atoms with Gasteiger partial charge in [-0.1, -0.05) is 0 Å².